The fraction of sp³-hybridized carbons (Fsp3) is 0.238. The van der Waals surface area contributed by atoms with E-state index in [9.17, 15) is 4.79 Å². The summed E-state index contributed by atoms with van der Waals surface area (Å²) in [7, 11) is 1.79. The highest BCUT2D eigenvalue weighted by molar-refractivity contribution is 6.40. The van der Waals surface area contributed by atoms with Crippen molar-refractivity contribution in [2.45, 2.75) is 13.5 Å². The molecule has 0 fully saturated rings. The highest BCUT2D eigenvalue weighted by Crippen LogP contribution is 2.28. The maximum Gasteiger partial charge on any atom is 0.258 e. The molecule has 0 unspecified atom stereocenters. The molecule has 11 heteroatoms. The van der Waals surface area contributed by atoms with E-state index >= 15 is 0 Å². The van der Waals surface area contributed by atoms with Crippen molar-refractivity contribution in [1.82, 2.24) is 15.0 Å². The van der Waals surface area contributed by atoms with Gasteiger partial charge in [-0.1, -0.05) is 23.2 Å². The Morgan fingerprint density at radius 2 is 1.88 bits per heavy atom. The van der Waals surface area contributed by atoms with Crippen molar-refractivity contribution in [3.8, 4) is 0 Å². The average molecular weight is 476 g/mol. The van der Waals surface area contributed by atoms with Crippen molar-refractivity contribution in [2.24, 2.45) is 5.73 Å². The van der Waals surface area contributed by atoms with E-state index in [1.807, 2.05) is 6.92 Å². The smallest absolute Gasteiger partial charge is 0.258 e. The third-order valence-electron chi connectivity index (χ3n) is 4.46. The number of hydrogen-bond donors (Lipinski definition) is 4. The Morgan fingerprint density at radius 1 is 1.16 bits per heavy atom. The molecule has 3 aromatic rings. The lowest BCUT2D eigenvalue weighted by Gasteiger charge is -2.17. The Balaban J connectivity index is 1.79. The number of aromatic nitrogens is 3. The number of anilines is 4. The molecule has 2 heterocycles. The molecule has 3 rings (SSSR count). The number of nitrogens with one attached hydrogen (secondary N) is 2. The van der Waals surface area contributed by atoms with E-state index in [0.29, 0.717) is 29.8 Å². The van der Waals surface area contributed by atoms with Crippen LogP contribution in [0.1, 0.15) is 21.6 Å². The fourth-order valence-corrected chi connectivity index (χ4v) is 3.60. The van der Waals surface area contributed by atoms with E-state index in [-0.39, 0.29) is 28.8 Å². The van der Waals surface area contributed by atoms with Crippen LogP contribution in [0.4, 0.5) is 23.3 Å². The van der Waals surface area contributed by atoms with E-state index in [1.165, 1.54) is 0 Å². The third kappa shape index (κ3) is 5.83. The molecular formula is C21H23Cl2N7O2. The normalized spacial score (nSPS) is 10.7. The minimum atomic E-state index is -0.452. The molecular weight excluding hydrogens is 453 g/mol. The number of pyridine rings is 1. The molecule has 0 radical (unpaired) electrons. The van der Waals surface area contributed by atoms with Crippen LogP contribution in [0.5, 0.6) is 0 Å². The first-order valence-electron chi connectivity index (χ1n) is 9.70. The van der Waals surface area contributed by atoms with Gasteiger partial charge in [-0.05, 0) is 30.7 Å². The van der Waals surface area contributed by atoms with Gasteiger partial charge in [0.25, 0.3) is 5.91 Å². The Bertz CT molecular complexity index is 1100. The first-order chi connectivity index (χ1) is 15.3. The van der Waals surface area contributed by atoms with Crippen LogP contribution in [0.2, 0.25) is 10.0 Å². The predicted octanol–water partition coefficient (Wildman–Crippen LogP) is 3.37. The van der Waals surface area contributed by atoms with Crippen LogP contribution in [-0.2, 0) is 6.54 Å². The zero-order valence-corrected chi connectivity index (χ0v) is 19.1. The molecule has 168 valence electrons. The second-order valence-electron chi connectivity index (χ2n) is 6.99. The van der Waals surface area contributed by atoms with Crippen molar-refractivity contribution >= 4 is 52.4 Å². The van der Waals surface area contributed by atoms with Gasteiger partial charge in [-0.15, -0.1) is 0 Å². The topological polar surface area (TPSA) is 129 Å². The van der Waals surface area contributed by atoms with Crippen molar-refractivity contribution < 1.29 is 9.90 Å². The van der Waals surface area contributed by atoms with Gasteiger partial charge in [0.15, 0.2) is 0 Å². The lowest BCUT2D eigenvalue weighted by molar-refractivity contribution is 0.102. The maximum absolute atomic E-state index is 12.8. The minimum absolute atomic E-state index is 0.0111. The van der Waals surface area contributed by atoms with Crippen LogP contribution in [0, 0.1) is 6.92 Å². The highest BCUT2D eigenvalue weighted by Gasteiger charge is 2.17. The molecule has 0 saturated heterocycles. The Kier molecular flexibility index (Phi) is 7.81. The molecule has 2 aromatic heterocycles. The van der Waals surface area contributed by atoms with E-state index in [4.69, 9.17) is 34.0 Å². The Labute approximate surface area is 195 Å². The Morgan fingerprint density at radius 3 is 2.53 bits per heavy atom. The SMILES string of the molecule is Cc1cc(Nc2cc(NC(=O)c3c(Cl)cc(CN)cc3Cl)ccn2)nc(N(C)CCO)n1. The monoisotopic (exact) mass is 475 g/mol. The van der Waals surface area contributed by atoms with Crippen molar-refractivity contribution in [2.75, 3.05) is 35.7 Å². The summed E-state index contributed by atoms with van der Waals surface area (Å²) in [5, 5.41) is 15.5. The molecule has 0 aliphatic heterocycles. The van der Waals surface area contributed by atoms with Crippen molar-refractivity contribution in [3.05, 3.63) is 63.4 Å². The quantitative estimate of drug-likeness (QED) is 0.390. The molecule has 0 aliphatic rings. The van der Waals surface area contributed by atoms with Crippen LogP contribution in [0.3, 0.4) is 0 Å². The van der Waals surface area contributed by atoms with Crippen LogP contribution < -0.4 is 21.3 Å². The molecule has 0 spiro atoms. The molecule has 32 heavy (non-hydrogen) atoms. The lowest BCUT2D eigenvalue weighted by Crippen LogP contribution is -2.23. The number of amides is 1. The standard InChI is InChI=1S/C21H23Cl2N7O2/c1-12-7-18(29-21(26-12)30(2)5-6-31)28-17-10-14(3-4-25-17)27-20(32)19-15(22)8-13(11-24)9-16(19)23/h3-4,7-10,31H,5-6,11,24H2,1-2H3,(H2,25,26,27,28,29,32). The molecule has 0 atom stereocenters. The molecule has 0 bridgehead atoms. The molecule has 0 saturated carbocycles. The number of carbonyl (C=O) groups excluding carboxylic acids is 1. The number of hydrogen-bond acceptors (Lipinski definition) is 8. The zero-order chi connectivity index (χ0) is 23.3. The number of aryl methyl sites for hydroxylation is 1. The first kappa shape index (κ1) is 23.7. The van der Waals surface area contributed by atoms with Crippen molar-refractivity contribution in [1.29, 1.82) is 0 Å². The van der Waals surface area contributed by atoms with Gasteiger partial charge in [-0.25, -0.2) is 9.97 Å². The summed E-state index contributed by atoms with van der Waals surface area (Å²) >= 11 is 12.5. The summed E-state index contributed by atoms with van der Waals surface area (Å²) in [6.07, 6.45) is 1.55. The van der Waals surface area contributed by atoms with Crippen LogP contribution in [0.15, 0.2) is 36.5 Å². The van der Waals surface area contributed by atoms with Crippen LogP contribution >= 0.6 is 23.2 Å². The van der Waals surface area contributed by atoms with E-state index in [1.54, 1.807) is 48.5 Å². The summed E-state index contributed by atoms with van der Waals surface area (Å²) < 4.78 is 0. The van der Waals surface area contributed by atoms with Gasteiger partial charge in [-0.2, -0.15) is 4.98 Å². The largest absolute Gasteiger partial charge is 0.395 e. The molecule has 1 aromatic carbocycles. The van der Waals surface area contributed by atoms with Gasteiger partial charge in [0, 0.05) is 49.8 Å². The number of rotatable bonds is 8. The molecule has 5 N–H and O–H groups in total. The van der Waals surface area contributed by atoms with E-state index < -0.39 is 5.91 Å². The summed E-state index contributed by atoms with van der Waals surface area (Å²) in [6.45, 7) is 2.50. The number of carbonyl (C=O) groups is 1. The zero-order valence-electron chi connectivity index (χ0n) is 17.6. The number of halogens is 2. The molecule has 1 amide bonds. The summed E-state index contributed by atoms with van der Waals surface area (Å²) in [6, 6.07) is 8.30. The first-order valence-corrected chi connectivity index (χ1v) is 10.5. The van der Waals surface area contributed by atoms with Crippen LogP contribution in [-0.4, -0.2) is 46.2 Å². The summed E-state index contributed by atoms with van der Waals surface area (Å²) in [5.41, 5.74) is 7.75. The number of aliphatic hydroxyl groups is 1. The maximum atomic E-state index is 12.8. The van der Waals surface area contributed by atoms with Crippen molar-refractivity contribution in [3.63, 3.8) is 0 Å². The van der Waals surface area contributed by atoms with Gasteiger partial charge in [-0.3, -0.25) is 4.79 Å². The minimum Gasteiger partial charge on any atom is -0.395 e. The van der Waals surface area contributed by atoms with Gasteiger partial charge >= 0.3 is 0 Å². The molecule has 9 nitrogen and oxygen atoms in total. The number of likely N-dealkylation sites (N-methyl/N-ethyl adjacent to an activating group) is 1. The summed E-state index contributed by atoms with van der Waals surface area (Å²) in [4.78, 5) is 27.6. The van der Waals surface area contributed by atoms with Gasteiger partial charge in [0.05, 0.1) is 22.2 Å². The lowest BCUT2D eigenvalue weighted by atomic mass is 10.1. The van der Waals surface area contributed by atoms with E-state index in [2.05, 4.69) is 25.6 Å². The average Bonchev–Trinajstić information content (AvgIpc) is 2.73. The second-order valence-corrected chi connectivity index (χ2v) is 7.80. The number of nitrogens with two attached hydrogens (primary N) is 1. The summed E-state index contributed by atoms with van der Waals surface area (Å²) in [5.74, 6) is 1.01. The third-order valence-corrected chi connectivity index (χ3v) is 5.05. The second kappa shape index (κ2) is 10.6. The molecule has 0 aliphatic carbocycles. The number of nitrogens with zero attached hydrogens (tertiary/aromatic N) is 4. The van der Waals surface area contributed by atoms with Crippen LogP contribution in [0.25, 0.3) is 0 Å². The van der Waals surface area contributed by atoms with Gasteiger partial charge in [0.2, 0.25) is 5.95 Å². The van der Waals surface area contributed by atoms with Gasteiger partial charge in [0.1, 0.15) is 11.6 Å². The van der Waals surface area contributed by atoms with E-state index in [0.717, 1.165) is 11.3 Å². The van der Waals surface area contributed by atoms with Gasteiger partial charge < -0.3 is 26.4 Å². The predicted molar refractivity (Wildman–Crippen MR) is 127 cm³/mol. The highest BCUT2D eigenvalue weighted by atomic mass is 35.5. The fourth-order valence-electron chi connectivity index (χ4n) is 2.90. The Hall–Kier alpha value is -2.98. The number of aliphatic hydroxyl groups excluding tert-OH is 1. The number of benzene rings is 1.